The van der Waals surface area contributed by atoms with Crippen LogP contribution < -0.4 is 9.47 Å². The van der Waals surface area contributed by atoms with Crippen LogP contribution in [0.5, 0.6) is 11.5 Å². The minimum absolute atomic E-state index is 0.102. The van der Waals surface area contributed by atoms with Crippen LogP contribution in [0.25, 0.3) is 0 Å². The summed E-state index contributed by atoms with van der Waals surface area (Å²) in [4.78, 5) is 13.2. The fraction of sp³-hybridized carbons (Fsp3) is 0.522. The van der Waals surface area contributed by atoms with E-state index in [1.165, 1.54) is 6.42 Å². The van der Waals surface area contributed by atoms with Gasteiger partial charge >= 0.3 is 5.97 Å². The van der Waals surface area contributed by atoms with Gasteiger partial charge in [-0.1, -0.05) is 24.3 Å². The van der Waals surface area contributed by atoms with Gasteiger partial charge in [0.1, 0.15) is 29.3 Å². The molecule has 0 saturated carbocycles. The van der Waals surface area contributed by atoms with Crippen molar-refractivity contribution in [1.29, 1.82) is 0 Å². The molecule has 3 aliphatic rings. The Bertz CT molecular complexity index is 844. The molecule has 0 radical (unpaired) electrons. The molecule has 3 aliphatic heterocycles. The summed E-state index contributed by atoms with van der Waals surface area (Å²) in [5.74, 6) is 2.98. The van der Waals surface area contributed by atoms with Gasteiger partial charge in [-0.25, -0.2) is 4.79 Å². The number of fused-ring (bicyclic) bond motifs is 2. The molecule has 2 saturated heterocycles. The standard InChI is InChI=1S/C23H28O5S2/c1-15-11-19-18(28-19)7-4-5-8-23(29-9-6-10-30-23)14-16-12-17(25-2)13-20(26-3)21(16)22(24)27-15/h4-5,7-8,12-13,15,18-19H,6,9-11,14H2,1-3H3/b7-4+,8-5+/t15-,18-,19-/m1/s1. The van der Waals surface area contributed by atoms with E-state index in [0.717, 1.165) is 17.1 Å². The molecule has 3 heterocycles. The predicted octanol–water partition coefficient (Wildman–Crippen LogP) is 4.64. The number of allylic oxidation sites excluding steroid dienone is 2. The molecule has 0 unspecified atom stereocenters. The molecule has 7 heteroatoms. The lowest BCUT2D eigenvalue weighted by atomic mass is 10.00. The van der Waals surface area contributed by atoms with E-state index in [0.29, 0.717) is 29.9 Å². The maximum atomic E-state index is 13.2. The average Bonchev–Trinajstić information content (AvgIpc) is 3.47. The van der Waals surface area contributed by atoms with Gasteiger partial charge in [-0.05, 0) is 36.5 Å². The first kappa shape index (κ1) is 21.7. The van der Waals surface area contributed by atoms with Crippen molar-refractivity contribution in [2.45, 2.75) is 48.6 Å². The third-order valence-electron chi connectivity index (χ3n) is 5.49. The smallest absolute Gasteiger partial charge is 0.342 e. The zero-order valence-electron chi connectivity index (χ0n) is 17.6. The van der Waals surface area contributed by atoms with Crippen molar-refractivity contribution < 1.29 is 23.7 Å². The van der Waals surface area contributed by atoms with Crippen molar-refractivity contribution in [3.05, 3.63) is 47.6 Å². The van der Waals surface area contributed by atoms with Gasteiger partial charge in [-0.15, -0.1) is 23.5 Å². The Hall–Kier alpha value is -1.57. The van der Waals surface area contributed by atoms with E-state index in [-0.39, 0.29) is 28.4 Å². The number of thioether (sulfide) groups is 2. The number of carbonyl (C=O) groups excluding carboxylic acids is 1. The van der Waals surface area contributed by atoms with Crippen LogP contribution in [0, 0.1) is 0 Å². The highest BCUT2D eigenvalue weighted by molar-refractivity contribution is 8.19. The van der Waals surface area contributed by atoms with Gasteiger partial charge in [-0.3, -0.25) is 0 Å². The number of hydrogen-bond acceptors (Lipinski definition) is 7. The Balaban J connectivity index is 1.78. The summed E-state index contributed by atoms with van der Waals surface area (Å²) in [6.07, 6.45) is 11.1. The molecular formula is C23H28O5S2. The maximum absolute atomic E-state index is 13.2. The third kappa shape index (κ3) is 4.84. The molecule has 0 amide bonds. The third-order valence-corrected chi connectivity index (χ3v) is 8.72. The zero-order chi connectivity index (χ0) is 21.1. The topological polar surface area (TPSA) is 57.3 Å². The van der Waals surface area contributed by atoms with Crippen LogP contribution in [-0.4, -0.2) is 54.1 Å². The Labute approximate surface area is 186 Å². The molecule has 0 aromatic heterocycles. The lowest BCUT2D eigenvalue weighted by Gasteiger charge is -2.34. The molecule has 162 valence electrons. The van der Waals surface area contributed by atoms with Crippen LogP contribution in [0.15, 0.2) is 36.4 Å². The maximum Gasteiger partial charge on any atom is 0.342 e. The molecule has 0 N–H and O–H groups in total. The van der Waals surface area contributed by atoms with E-state index < -0.39 is 0 Å². The molecular weight excluding hydrogens is 420 g/mol. The molecule has 1 aromatic rings. The Morgan fingerprint density at radius 1 is 1.13 bits per heavy atom. The van der Waals surface area contributed by atoms with Crippen molar-refractivity contribution in [1.82, 2.24) is 0 Å². The molecule has 30 heavy (non-hydrogen) atoms. The van der Waals surface area contributed by atoms with Crippen LogP contribution in [0.4, 0.5) is 0 Å². The van der Waals surface area contributed by atoms with Gasteiger partial charge in [0, 0.05) is 18.9 Å². The van der Waals surface area contributed by atoms with Gasteiger partial charge in [-0.2, -0.15) is 0 Å². The van der Waals surface area contributed by atoms with Gasteiger partial charge in [0.25, 0.3) is 0 Å². The normalized spacial score (nSPS) is 30.2. The number of carbonyl (C=O) groups is 1. The minimum atomic E-state index is -0.355. The highest BCUT2D eigenvalue weighted by atomic mass is 32.2. The molecule has 5 nitrogen and oxygen atoms in total. The molecule has 0 aliphatic carbocycles. The van der Waals surface area contributed by atoms with Crippen molar-refractivity contribution in [3.8, 4) is 11.5 Å². The molecule has 3 atom stereocenters. The van der Waals surface area contributed by atoms with Crippen molar-refractivity contribution >= 4 is 29.5 Å². The summed E-state index contributed by atoms with van der Waals surface area (Å²) >= 11 is 3.85. The van der Waals surface area contributed by atoms with Crippen LogP contribution in [0.1, 0.15) is 35.7 Å². The number of epoxide rings is 1. The Morgan fingerprint density at radius 2 is 1.93 bits per heavy atom. The van der Waals surface area contributed by atoms with Gasteiger partial charge in [0.15, 0.2) is 0 Å². The molecule has 2 fully saturated rings. The van der Waals surface area contributed by atoms with Crippen molar-refractivity contribution in [3.63, 3.8) is 0 Å². The second kappa shape index (κ2) is 9.28. The first-order valence-corrected chi connectivity index (χ1v) is 12.3. The number of ether oxygens (including phenoxy) is 4. The first-order chi connectivity index (χ1) is 14.5. The first-order valence-electron chi connectivity index (χ1n) is 10.3. The van der Waals surface area contributed by atoms with E-state index >= 15 is 0 Å². The molecule has 1 aromatic carbocycles. The predicted molar refractivity (Wildman–Crippen MR) is 122 cm³/mol. The van der Waals surface area contributed by atoms with Gasteiger partial charge in [0.05, 0.1) is 24.4 Å². The van der Waals surface area contributed by atoms with Crippen LogP contribution in [0.2, 0.25) is 0 Å². The lowest BCUT2D eigenvalue weighted by Crippen LogP contribution is -2.27. The largest absolute Gasteiger partial charge is 0.497 e. The van der Waals surface area contributed by atoms with E-state index in [1.54, 1.807) is 20.3 Å². The van der Waals surface area contributed by atoms with E-state index in [9.17, 15) is 4.79 Å². The van der Waals surface area contributed by atoms with E-state index in [4.69, 9.17) is 18.9 Å². The Kier molecular flexibility index (Phi) is 6.70. The lowest BCUT2D eigenvalue weighted by molar-refractivity contribution is 0.0305. The number of rotatable bonds is 2. The fourth-order valence-corrected chi connectivity index (χ4v) is 7.07. The van der Waals surface area contributed by atoms with Crippen LogP contribution in [0.3, 0.4) is 0 Å². The highest BCUT2D eigenvalue weighted by Crippen LogP contribution is 2.47. The minimum Gasteiger partial charge on any atom is -0.497 e. The fourth-order valence-electron chi connectivity index (χ4n) is 3.92. The Morgan fingerprint density at radius 3 is 2.67 bits per heavy atom. The summed E-state index contributed by atoms with van der Waals surface area (Å²) in [6.45, 7) is 1.91. The number of benzene rings is 1. The summed E-state index contributed by atoms with van der Waals surface area (Å²) < 4.78 is 22.5. The molecule has 4 rings (SSSR count). The van der Waals surface area contributed by atoms with Crippen LogP contribution in [-0.2, 0) is 15.9 Å². The quantitative estimate of drug-likeness (QED) is 0.482. The van der Waals surface area contributed by atoms with E-state index in [1.807, 2.05) is 36.5 Å². The van der Waals surface area contributed by atoms with Gasteiger partial charge in [0.2, 0.25) is 0 Å². The average molecular weight is 449 g/mol. The summed E-state index contributed by atoms with van der Waals surface area (Å²) in [7, 11) is 3.20. The highest BCUT2D eigenvalue weighted by Gasteiger charge is 2.39. The zero-order valence-corrected chi connectivity index (χ0v) is 19.2. The summed E-state index contributed by atoms with van der Waals surface area (Å²) in [5, 5.41) is 0. The van der Waals surface area contributed by atoms with E-state index in [2.05, 4.69) is 24.3 Å². The van der Waals surface area contributed by atoms with Gasteiger partial charge < -0.3 is 18.9 Å². The van der Waals surface area contributed by atoms with Crippen LogP contribution >= 0.6 is 23.5 Å². The summed E-state index contributed by atoms with van der Waals surface area (Å²) in [6, 6.07) is 3.69. The summed E-state index contributed by atoms with van der Waals surface area (Å²) in [5.41, 5.74) is 1.38. The number of cyclic esters (lactones) is 1. The second-order valence-corrected chi connectivity index (χ2v) is 10.8. The monoisotopic (exact) mass is 448 g/mol. The SMILES string of the molecule is COc1cc2c(c(OC)c1)C(=O)O[C@H](C)C[C@H]1O[C@@H]1/C=C/C=C/C1(C2)SCCCS1. The number of methoxy groups -OCH3 is 2. The van der Waals surface area contributed by atoms with Crippen molar-refractivity contribution in [2.24, 2.45) is 0 Å². The van der Waals surface area contributed by atoms with Crippen molar-refractivity contribution in [2.75, 3.05) is 25.7 Å². The number of esters is 1. The number of hydrogen-bond donors (Lipinski definition) is 0. The molecule has 0 bridgehead atoms. The second-order valence-electron chi connectivity index (χ2n) is 7.74. The molecule has 1 spiro atoms.